The third-order valence-electron chi connectivity index (χ3n) is 3.54. The van der Waals surface area contributed by atoms with Crippen LogP contribution >= 0.6 is 12.6 Å². The molecule has 0 unspecified atom stereocenters. The zero-order valence-electron chi connectivity index (χ0n) is 12.1. The van der Waals surface area contributed by atoms with Crippen molar-refractivity contribution >= 4 is 18.3 Å². The van der Waals surface area contributed by atoms with Crippen LogP contribution in [0.25, 0.3) is 0 Å². The molecule has 0 aromatic heterocycles. The summed E-state index contributed by atoms with van der Waals surface area (Å²) in [5.41, 5.74) is 13.4. The largest absolute Gasteiger partial charge is 0.398 e. The van der Waals surface area contributed by atoms with Crippen LogP contribution in [0.15, 0.2) is 17.0 Å². The second kappa shape index (κ2) is 6.33. The summed E-state index contributed by atoms with van der Waals surface area (Å²) in [6.07, 6.45) is 4.45. The van der Waals surface area contributed by atoms with Gasteiger partial charge in [0.1, 0.15) is 0 Å². The second-order valence-corrected chi connectivity index (χ2v) is 5.65. The Balaban J connectivity index is 3.38. The maximum Gasteiger partial charge on any atom is 0.0485 e. The van der Waals surface area contributed by atoms with Crippen LogP contribution in [-0.4, -0.2) is 0 Å². The molecule has 0 aliphatic rings. The molecule has 0 atom stereocenters. The molecule has 0 spiro atoms. The van der Waals surface area contributed by atoms with Gasteiger partial charge >= 0.3 is 0 Å². The van der Waals surface area contributed by atoms with E-state index in [9.17, 15) is 0 Å². The third-order valence-corrected chi connectivity index (χ3v) is 4.12. The minimum Gasteiger partial charge on any atom is -0.398 e. The standard InChI is InChI=1S/C16H25NS/c1-6-7-8-13-12(5)16(18)15(17)11(4)14(13)9-10(2)3/h18H,2,6-9,17H2,1,3-5H3. The van der Waals surface area contributed by atoms with Crippen molar-refractivity contribution in [2.75, 3.05) is 5.73 Å². The number of hydrogen-bond donors (Lipinski definition) is 2. The molecule has 2 heteroatoms. The maximum atomic E-state index is 6.15. The fourth-order valence-electron chi connectivity index (χ4n) is 2.37. The first kappa shape index (κ1) is 15.2. The number of nitrogens with two attached hydrogens (primary N) is 1. The average molecular weight is 263 g/mol. The Morgan fingerprint density at radius 1 is 1.22 bits per heavy atom. The molecular formula is C16H25NS. The highest BCUT2D eigenvalue weighted by atomic mass is 32.1. The summed E-state index contributed by atoms with van der Waals surface area (Å²) < 4.78 is 0. The van der Waals surface area contributed by atoms with Crippen LogP contribution in [0.5, 0.6) is 0 Å². The van der Waals surface area contributed by atoms with E-state index in [2.05, 4.69) is 46.9 Å². The van der Waals surface area contributed by atoms with Crippen molar-refractivity contribution in [3.63, 3.8) is 0 Å². The summed E-state index contributed by atoms with van der Waals surface area (Å²) >= 11 is 4.56. The van der Waals surface area contributed by atoms with Gasteiger partial charge in [-0.1, -0.05) is 25.5 Å². The normalized spacial score (nSPS) is 10.7. The first-order chi connectivity index (χ1) is 8.40. The zero-order chi connectivity index (χ0) is 13.9. The van der Waals surface area contributed by atoms with Crippen LogP contribution in [0.3, 0.4) is 0 Å². The van der Waals surface area contributed by atoms with Gasteiger partial charge in [0.25, 0.3) is 0 Å². The smallest absolute Gasteiger partial charge is 0.0485 e. The van der Waals surface area contributed by atoms with Gasteiger partial charge in [-0.3, -0.25) is 0 Å². The Kier molecular flexibility index (Phi) is 5.33. The molecule has 0 saturated carbocycles. The van der Waals surface area contributed by atoms with Gasteiger partial charge in [0, 0.05) is 10.6 Å². The van der Waals surface area contributed by atoms with E-state index in [1.54, 1.807) is 0 Å². The molecule has 1 aromatic rings. The Morgan fingerprint density at radius 2 is 1.83 bits per heavy atom. The van der Waals surface area contributed by atoms with E-state index in [1.807, 2.05) is 0 Å². The number of nitrogen functional groups attached to an aromatic ring is 1. The van der Waals surface area contributed by atoms with Gasteiger partial charge in [0.15, 0.2) is 0 Å². The van der Waals surface area contributed by atoms with Crippen molar-refractivity contribution in [2.24, 2.45) is 0 Å². The van der Waals surface area contributed by atoms with Crippen LogP contribution in [0.4, 0.5) is 5.69 Å². The van der Waals surface area contributed by atoms with Gasteiger partial charge < -0.3 is 5.73 Å². The lowest BCUT2D eigenvalue weighted by Gasteiger charge is -2.20. The highest BCUT2D eigenvalue weighted by Gasteiger charge is 2.15. The zero-order valence-corrected chi connectivity index (χ0v) is 13.0. The van der Waals surface area contributed by atoms with E-state index in [-0.39, 0.29) is 0 Å². The summed E-state index contributed by atoms with van der Waals surface area (Å²) in [7, 11) is 0. The highest BCUT2D eigenvalue weighted by Crippen LogP contribution is 2.34. The molecule has 0 radical (unpaired) electrons. The first-order valence-electron chi connectivity index (χ1n) is 6.63. The lowest BCUT2D eigenvalue weighted by atomic mass is 9.89. The fourth-order valence-corrected chi connectivity index (χ4v) is 2.67. The number of unbranched alkanes of at least 4 members (excludes halogenated alkanes) is 1. The molecule has 0 heterocycles. The van der Waals surface area contributed by atoms with Gasteiger partial charge in [-0.25, -0.2) is 0 Å². The Labute approximate surface area is 117 Å². The predicted octanol–water partition coefficient (Wildman–Crippen LogP) is 4.64. The van der Waals surface area contributed by atoms with Gasteiger partial charge in [0.05, 0.1) is 0 Å². The molecule has 100 valence electrons. The number of allylic oxidation sites excluding steroid dienone is 1. The van der Waals surface area contributed by atoms with Crippen molar-refractivity contribution in [2.45, 2.75) is 58.3 Å². The van der Waals surface area contributed by atoms with Crippen molar-refractivity contribution < 1.29 is 0 Å². The molecule has 0 amide bonds. The monoisotopic (exact) mass is 263 g/mol. The minimum absolute atomic E-state index is 0.826. The second-order valence-electron chi connectivity index (χ2n) is 5.21. The topological polar surface area (TPSA) is 26.0 Å². The van der Waals surface area contributed by atoms with Crippen molar-refractivity contribution in [3.8, 4) is 0 Å². The predicted molar refractivity (Wildman–Crippen MR) is 84.7 cm³/mol. The molecule has 1 nitrogen and oxygen atoms in total. The molecule has 18 heavy (non-hydrogen) atoms. The van der Waals surface area contributed by atoms with Crippen molar-refractivity contribution in [3.05, 3.63) is 34.4 Å². The Bertz CT molecular complexity index is 461. The number of rotatable bonds is 5. The van der Waals surface area contributed by atoms with Gasteiger partial charge in [0.2, 0.25) is 0 Å². The summed E-state index contributed by atoms with van der Waals surface area (Å²) in [4.78, 5) is 0.948. The molecule has 1 rings (SSSR count). The summed E-state index contributed by atoms with van der Waals surface area (Å²) in [5.74, 6) is 0. The van der Waals surface area contributed by atoms with Crippen LogP contribution < -0.4 is 5.73 Å². The lowest BCUT2D eigenvalue weighted by Crippen LogP contribution is -2.07. The quantitative estimate of drug-likeness (QED) is 0.452. The van der Waals surface area contributed by atoms with Gasteiger partial charge in [-0.05, 0) is 62.3 Å². The Morgan fingerprint density at radius 3 is 2.33 bits per heavy atom. The summed E-state index contributed by atoms with van der Waals surface area (Å²) in [6.45, 7) is 12.6. The molecule has 2 N–H and O–H groups in total. The van der Waals surface area contributed by atoms with E-state index in [1.165, 1.54) is 40.7 Å². The van der Waals surface area contributed by atoms with Crippen molar-refractivity contribution in [1.82, 2.24) is 0 Å². The summed E-state index contributed by atoms with van der Waals surface area (Å²) in [5, 5.41) is 0. The lowest BCUT2D eigenvalue weighted by molar-refractivity contribution is 0.779. The molecule has 0 fully saturated rings. The van der Waals surface area contributed by atoms with E-state index in [4.69, 9.17) is 5.73 Å². The summed E-state index contributed by atoms with van der Waals surface area (Å²) in [6, 6.07) is 0. The average Bonchev–Trinajstić information content (AvgIpc) is 2.32. The molecule has 0 saturated heterocycles. The fraction of sp³-hybridized carbons (Fsp3) is 0.500. The van der Waals surface area contributed by atoms with Gasteiger partial charge in [-0.2, -0.15) is 0 Å². The molecule has 0 bridgehead atoms. The maximum absolute atomic E-state index is 6.15. The van der Waals surface area contributed by atoms with Crippen molar-refractivity contribution in [1.29, 1.82) is 0 Å². The van der Waals surface area contributed by atoms with Gasteiger partial charge in [-0.15, -0.1) is 12.6 Å². The minimum atomic E-state index is 0.826. The number of anilines is 1. The third kappa shape index (κ3) is 3.11. The number of benzene rings is 1. The molecule has 0 aliphatic carbocycles. The Hall–Kier alpha value is -0.890. The van der Waals surface area contributed by atoms with Crippen LogP contribution in [-0.2, 0) is 12.8 Å². The number of thiol groups is 1. The first-order valence-corrected chi connectivity index (χ1v) is 7.08. The van der Waals surface area contributed by atoms with E-state index >= 15 is 0 Å². The SMILES string of the molecule is C=C(C)Cc1c(C)c(N)c(S)c(C)c1CCCC. The van der Waals surface area contributed by atoms with Crippen LogP contribution in [0.1, 0.15) is 48.9 Å². The molecule has 1 aromatic carbocycles. The molecule has 0 aliphatic heterocycles. The highest BCUT2D eigenvalue weighted by molar-refractivity contribution is 7.80. The number of hydrogen-bond acceptors (Lipinski definition) is 2. The molecular weight excluding hydrogens is 238 g/mol. The van der Waals surface area contributed by atoms with Crippen LogP contribution in [0, 0.1) is 13.8 Å². The van der Waals surface area contributed by atoms with E-state index in [0.29, 0.717) is 0 Å². The van der Waals surface area contributed by atoms with E-state index in [0.717, 1.165) is 23.4 Å². The van der Waals surface area contributed by atoms with E-state index < -0.39 is 0 Å². The van der Waals surface area contributed by atoms with Crippen LogP contribution in [0.2, 0.25) is 0 Å².